The van der Waals surface area contributed by atoms with E-state index in [2.05, 4.69) is 79.3 Å². The fourth-order valence-electron chi connectivity index (χ4n) is 4.00. The van der Waals surface area contributed by atoms with Crippen molar-refractivity contribution in [2.24, 2.45) is 0 Å². The van der Waals surface area contributed by atoms with Crippen LogP contribution in [0.4, 0.5) is 5.95 Å². The van der Waals surface area contributed by atoms with Crippen LogP contribution in [0.2, 0.25) is 0 Å². The minimum Gasteiger partial charge on any atom is -0.354 e. The first-order valence-corrected chi connectivity index (χ1v) is 9.78. The molecule has 28 heavy (non-hydrogen) atoms. The summed E-state index contributed by atoms with van der Waals surface area (Å²) in [6.45, 7) is 4.86. The number of nitrogens with zero attached hydrogens (tertiary/aromatic N) is 4. The Morgan fingerprint density at radius 1 is 0.786 bits per heavy atom. The number of piperazine rings is 1. The van der Waals surface area contributed by atoms with Crippen molar-refractivity contribution in [1.82, 2.24) is 19.9 Å². The number of hydrogen-bond acceptors (Lipinski definition) is 4. The molecule has 0 spiro atoms. The standard InChI is InChI=1S/C23H23N5/c1-2-7-18(8-3-1)22-20(19-9-4-5-10-21(19)26-22)17-27-13-15-28(16-14-27)23-24-11-6-12-25-23/h1-12,26H,13-17H2. The lowest BCUT2D eigenvalue weighted by Crippen LogP contribution is -2.46. The highest BCUT2D eigenvalue weighted by Crippen LogP contribution is 2.31. The molecule has 0 saturated carbocycles. The predicted molar refractivity (Wildman–Crippen MR) is 113 cm³/mol. The summed E-state index contributed by atoms with van der Waals surface area (Å²) in [5.41, 5.74) is 5.06. The van der Waals surface area contributed by atoms with Crippen LogP contribution in [0.3, 0.4) is 0 Å². The van der Waals surface area contributed by atoms with E-state index in [0.717, 1.165) is 38.7 Å². The summed E-state index contributed by atoms with van der Waals surface area (Å²) in [6.07, 6.45) is 3.62. The summed E-state index contributed by atoms with van der Waals surface area (Å²) in [4.78, 5) is 17.2. The molecule has 5 heteroatoms. The Bertz CT molecular complexity index is 1050. The highest BCUT2D eigenvalue weighted by Gasteiger charge is 2.21. The van der Waals surface area contributed by atoms with Gasteiger partial charge in [0.05, 0.1) is 5.69 Å². The van der Waals surface area contributed by atoms with Crippen molar-refractivity contribution in [2.75, 3.05) is 31.1 Å². The normalized spacial score (nSPS) is 15.2. The number of anilines is 1. The van der Waals surface area contributed by atoms with E-state index in [-0.39, 0.29) is 0 Å². The van der Waals surface area contributed by atoms with E-state index in [4.69, 9.17) is 0 Å². The van der Waals surface area contributed by atoms with E-state index in [9.17, 15) is 0 Å². The van der Waals surface area contributed by atoms with Gasteiger partial charge in [-0.05, 0) is 23.3 Å². The fourth-order valence-corrected chi connectivity index (χ4v) is 4.00. The van der Waals surface area contributed by atoms with Gasteiger partial charge in [-0.2, -0.15) is 0 Å². The third kappa shape index (κ3) is 3.25. The number of nitrogens with one attached hydrogen (secondary N) is 1. The third-order valence-corrected chi connectivity index (χ3v) is 5.47. The van der Waals surface area contributed by atoms with E-state index >= 15 is 0 Å². The summed E-state index contributed by atoms with van der Waals surface area (Å²) in [7, 11) is 0. The Morgan fingerprint density at radius 2 is 1.50 bits per heavy atom. The van der Waals surface area contributed by atoms with E-state index < -0.39 is 0 Å². The van der Waals surface area contributed by atoms with Crippen LogP contribution >= 0.6 is 0 Å². The van der Waals surface area contributed by atoms with Crippen molar-refractivity contribution in [1.29, 1.82) is 0 Å². The zero-order valence-corrected chi connectivity index (χ0v) is 15.8. The van der Waals surface area contributed by atoms with Gasteiger partial charge in [0.2, 0.25) is 5.95 Å². The molecule has 4 aromatic rings. The first-order chi connectivity index (χ1) is 13.9. The number of rotatable bonds is 4. The molecule has 1 aliphatic rings. The molecule has 1 fully saturated rings. The Labute approximate surface area is 164 Å². The van der Waals surface area contributed by atoms with Crippen LogP contribution in [0.1, 0.15) is 5.56 Å². The molecule has 5 nitrogen and oxygen atoms in total. The van der Waals surface area contributed by atoms with Crippen LogP contribution in [-0.2, 0) is 6.54 Å². The highest BCUT2D eigenvalue weighted by molar-refractivity contribution is 5.90. The monoisotopic (exact) mass is 369 g/mol. The number of hydrogen-bond donors (Lipinski definition) is 1. The van der Waals surface area contributed by atoms with Crippen molar-refractivity contribution < 1.29 is 0 Å². The number of fused-ring (bicyclic) bond motifs is 1. The van der Waals surface area contributed by atoms with Gasteiger partial charge in [-0.3, -0.25) is 4.90 Å². The molecular weight excluding hydrogens is 346 g/mol. The second-order valence-corrected chi connectivity index (χ2v) is 7.20. The minimum absolute atomic E-state index is 0.833. The number of aromatic nitrogens is 3. The van der Waals surface area contributed by atoms with Gasteiger partial charge in [0.1, 0.15) is 0 Å². The zero-order valence-electron chi connectivity index (χ0n) is 15.8. The van der Waals surface area contributed by atoms with E-state index in [1.807, 2.05) is 18.5 Å². The van der Waals surface area contributed by atoms with Crippen LogP contribution in [0.5, 0.6) is 0 Å². The molecule has 0 bridgehead atoms. The summed E-state index contributed by atoms with van der Waals surface area (Å²) in [5, 5.41) is 1.31. The van der Waals surface area contributed by atoms with Crippen molar-refractivity contribution >= 4 is 16.9 Å². The first-order valence-electron chi connectivity index (χ1n) is 9.78. The predicted octanol–water partition coefficient (Wildman–Crippen LogP) is 3.95. The average molecular weight is 369 g/mol. The second kappa shape index (κ2) is 7.44. The highest BCUT2D eigenvalue weighted by atomic mass is 15.3. The molecule has 1 saturated heterocycles. The Balaban J connectivity index is 1.40. The molecular formula is C23H23N5. The smallest absolute Gasteiger partial charge is 0.225 e. The SMILES string of the molecule is c1ccc(-c2[nH]c3ccccc3c2CN2CCN(c3ncccn3)CC2)cc1. The molecule has 2 aromatic heterocycles. The first kappa shape index (κ1) is 17.0. The number of para-hydroxylation sites is 1. The van der Waals surface area contributed by atoms with Gasteiger partial charge in [-0.25, -0.2) is 9.97 Å². The lowest BCUT2D eigenvalue weighted by molar-refractivity contribution is 0.250. The quantitative estimate of drug-likeness (QED) is 0.592. The molecule has 0 unspecified atom stereocenters. The summed E-state index contributed by atoms with van der Waals surface area (Å²) >= 11 is 0. The summed E-state index contributed by atoms with van der Waals surface area (Å²) in [5.74, 6) is 0.833. The van der Waals surface area contributed by atoms with Crippen LogP contribution in [0.15, 0.2) is 73.1 Å². The van der Waals surface area contributed by atoms with E-state index in [1.165, 1.54) is 27.7 Å². The maximum Gasteiger partial charge on any atom is 0.225 e. The second-order valence-electron chi connectivity index (χ2n) is 7.20. The van der Waals surface area contributed by atoms with Crippen LogP contribution in [0, 0.1) is 0 Å². The van der Waals surface area contributed by atoms with Crippen LogP contribution in [0.25, 0.3) is 22.2 Å². The van der Waals surface area contributed by atoms with Crippen LogP contribution in [-0.4, -0.2) is 46.0 Å². The largest absolute Gasteiger partial charge is 0.354 e. The van der Waals surface area contributed by atoms with Gasteiger partial charge in [0, 0.05) is 56.0 Å². The Kier molecular flexibility index (Phi) is 4.51. The lowest BCUT2D eigenvalue weighted by Gasteiger charge is -2.34. The van der Waals surface area contributed by atoms with Gasteiger partial charge < -0.3 is 9.88 Å². The molecule has 0 aliphatic carbocycles. The van der Waals surface area contributed by atoms with Crippen molar-refractivity contribution in [3.05, 3.63) is 78.6 Å². The fraction of sp³-hybridized carbons (Fsp3) is 0.217. The maximum atomic E-state index is 4.39. The molecule has 1 aliphatic heterocycles. The van der Waals surface area contributed by atoms with Crippen LogP contribution < -0.4 is 4.90 Å². The lowest BCUT2D eigenvalue weighted by atomic mass is 10.0. The molecule has 2 aromatic carbocycles. The van der Waals surface area contributed by atoms with Crippen molar-refractivity contribution in [3.8, 4) is 11.3 Å². The average Bonchev–Trinajstić information content (AvgIpc) is 3.14. The molecule has 0 amide bonds. The number of aromatic amines is 1. The summed E-state index contributed by atoms with van der Waals surface area (Å²) in [6, 6.07) is 21.1. The number of benzene rings is 2. The van der Waals surface area contributed by atoms with E-state index in [0.29, 0.717) is 0 Å². The van der Waals surface area contributed by atoms with Gasteiger partial charge in [0.15, 0.2) is 0 Å². The molecule has 140 valence electrons. The van der Waals surface area contributed by atoms with Gasteiger partial charge in [-0.1, -0.05) is 48.5 Å². The third-order valence-electron chi connectivity index (χ3n) is 5.47. The Morgan fingerprint density at radius 3 is 2.29 bits per heavy atom. The van der Waals surface area contributed by atoms with Crippen molar-refractivity contribution in [3.63, 3.8) is 0 Å². The molecule has 1 N–H and O–H groups in total. The molecule has 0 atom stereocenters. The van der Waals surface area contributed by atoms with E-state index in [1.54, 1.807) is 0 Å². The molecule has 3 heterocycles. The topological polar surface area (TPSA) is 48.1 Å². The van der Waals surface area contributed by atoms with Gasteiger partial charge in [0.25, 0.3) is 0 Å². The Hall–Kier alpha value is -3.18. The molecule has 0 radical (unpaired) electrons. The zero-order chi connectivity index (χ0) is 18.8. The number of H-pyrrole nitrogens is 1. The van der Waals surface area contributed by atoms with Gasteiger partial charge >= 0.3 is 0 Å². The molecule has 5 rings (SSSR count). The van der Waals surface area contributed by atoms with Crippen molar-refractivity contribution in [2.45, 2.75) is 6.54 Å². The maximum absolute atomic E-state index is 4.39. The minimum atomic E-state index is 0.833. The summed E-state index contributed by atoms with van der Waals surface area (Å²) < 4.78 is 0. The van der Waals surface area contributed by atoms with Gasteiger partial charge in [-0.15, -0.1) is 0 Å².